The molecule has 7 heteroatoms. The zero-order chi connectivity index (χ0) is 17.5. The Hall–Kier alpha value is -2.49. The first-order valence-electron chi connectivity index (χ1n) is 7.06. The Morgan fingerprint density at radius 3 is 2.04 bits per heavy atom. The first-order valence-corrected chi connectivity index (χ1v) is 7.06. The fraction of sp³-hybridized carbons (Fsp3) is 0.438. The number of benzene rings is 1. The molecule has 0 radical (unpaired) electrons. The Balaban J connectivity index is 3.30. The maximum atomic E-state index is 14.1. The highest BCUT2D eigenvalue weighted by Crippen LogP contribution is 2.34. The Morgan fingerprint density at radius 1 is 1.13 bits per heavy atom. The van der Waals surface area contributed by atoms with Crippen LogP contribution in [0.4, 0.5) is 8.78 Å². The van der Waals surface area contributed by atoms with Crippen LogP contribution < -0.4 is 0 Å². The molecule has 0 aliphatic heterocycles. The van der Waals surface area contributed by atoms with Crippen molar-refractivity contribution in [3.63, 3.8) is 0 Å². The normalized spacial score (nSPS) is 10.7. The van der Waals surface area contributed by atoms with Gasteiger partial charge < -0.3 is 9.47 Å². The molecular weight excluding hydrogens is 308 g/mol. The molecule has 0 amide bonds. The molecule has 1 aromatic carbocycles. The molecule has 124 valence electrons. The molecule has 0 spiro atoms. The predicted octanol–water partition coefficient (Wildman–Crippen LogP) is 2.63. The van der Waals surface area contributed by atoms with Gasteiger partial charge in [0.2, 0.25) is 0 Å². The van der Waals surface area contributed by atoms with Gasteiger partial charge in [-0.2, -0.15) is 5.26 Å². The Labute approximate surface area is 132 Å². The summed E-state index contributed by atoms with van der Waals surface area (Å²) in [5.41, 5.74) is -2.07. The van der Waals surface area contributed by atoms with Crippen molar-refractivity contribution < 1.29 is 27.8 Å². The van der Waals surface area contributed by atoms with E-state index in [4.69, 9.17) is 9.47 Å². The molecule has 1 rings (SSSR count). The zero-order valence-electron chi connectivity index (χ0n) is 12.9. The van der Waals surface area contributed by atoms with Gasteiger partial charge in [-0.15, -0.1) is 0 Å². The summed E-state index contributed by atoms with van der Waals surface area (Å²) < 4.78 is 36.8. The van der Waals surface area contributed by atoms with E-state index in [9.17, 15) is 23.6 Å². The third-order valence-corrected chi connectivity index (χ3v) is 3.16. The van der Waals surface area contributed by atoms with Gasteiger partial charge in [0.1, 0.15) is 17.0 Å². The summed E-state index contributed by atoms with van der Waals surface area (Å²) in [6.07, 6.45) is -1.09. The second-order valence-electron chi connectivity index (χ2n) is 4.78. The first-order chi connectivity index (χ1) is 10.9. The lowest BCUT2D eigenvalue weighted by Crippen LogP contribution is -2.33. The number of hydrogen-bond donors (Lipinski definition) is 0. The molecule has 0 fully saturated rings. The summed E-state index contributed by atoms with van der Waals surface area (Å²) in [6.45, 7) is 3.31. The van der Waals surface area contributed by atoms with E-state index in [1.807, 2.05) is 0 Å². The highest BCUT2D eigenvalue weighted by atomic mass is 19.1. The fourth-order valence-electron chi connectivity index (χ4n) is 2.19. The van der Waals surface area contributed by atoms with Crippen molar-refractivity contribution in [2.75, 3.05) is 13.2 Å². The average molecular weight is 325 g/mol. The zero-order valence-corrected chi connectivity index (χ0v) is 12.9. The molecule has 0 heterocycles. The third-order valence-electron chi connectivity index (χ3n) is 3.16. The van der Waals surface area contributed by atoms with E-state index in [0.29, 0.717) is 6.07 Å². The molecule has 0 unspecified atom stereocenters. The van der Waals surface area contributed by atoms with Gasteiger partial charge in [0, 0.05) is 11.6 Å². The number of hydrogen-bond acceptors (Lipinski definition) is 5. The molecular formula is C16H17F2NO4. The summed E-state index contributed by atoms with van der Waals surface area (Å²) in [5.74, 6) is -3.37. The molecule has 0 saturated heterocycles. The second-order valence-corrected chi connectivity index (χ2v) is 4.78. The van der Waals surface area contributed by atoms with Crippen molar-refractivity contribution in [3.05, 3.63) is 35.4 Å². The highest BCUT2D eigenvalue weighted by Gasteiger charge is 2.41. The van der Waals surface area contributed by atoms with E-state index in [2.05, 4.69) is 0 Å². The van der Waals surface area contributed by atoms with Crippen LogP contribution in [0.15, 0.2) is 18.2 Å². The number of esters is 2. The molecule has 0 aliphatic carbocycles. The number of rotatable bonds is 7. The lowest BCUT2D eigenvalue weighted by molar-refractivity contribution is -0.146. The largest absolute Gasteiger partial charge is 0.466 e. The number of halogens is 2. The predicted molar refractivity (Wildman–Crippen MR) is 76.1 cm³/mol. The van der Waals surface area contributed by atoms with Gasteiger partial charge in [-0.3, -0.25) is 9.59 Å². The van der Waals surface area contributed by atoms with Crippen LogP contribution in [0, 0.1) is 23.0 Å². The lowest BCUT2D eigenvalue weighted by atomic mass is 9.76. The van der Waals surface area contributed by atoms with Gasteiger partial charge >= 0.3 is 11.9 Å². The highest BCUT2D eigenvalue weighted by molar-refractivity contribution is 5.77. The van der Waals surface area contributed by atoms with Crippen LogP contribution in [0.2, 0.25) is 0 Å². The van der Waals surface area contributed by atoms with Crippen LogP contribution >= 0.6 is 0 Å². The summed E-state index contributed by atoms with van der Waals surface area (Å²) >= 11 is 0. The van der Waals surface area contributed by atoms with Gasteiger partial charge in [0.15, 0.2) is 0 Å². The van der Waals surface area contributed by atoms with Crippen molar-refractivity contribution in [2.45, 2.75) is 32.1 Å². The Bertz CT molecular complexity index is 605. The maximum absolute atomic E-state index is 14.1. The number of nitriles is 1. The van der Waals surface area contributed by atoms with Crippen LogP contribution in [-0.2, 0) is 24.5 Å². The average Bonchev–Trinajstić information content (AvgIpc) is 2.46. The van der Waals surface area contributed by atoms with Gasteiger partial charge in [0.05, 0.1) is 32.1 Å². The van der Waals surface area contributed by atoms with Crippen LogP contribution in [0.25, 0.3) is 0 Å². The van der Waals surface area contributed by atoms with Crippen molar-refractivity contribution in [2.24, 2.45) is 0 Å². The quantitative estimate of drug-likeness (QED) is 0.720. The summed E-state index contributed by atoms with van der Waals surface area (Å²) in [4.78, 5) is 23.6. The van der Waals surface area contributed by atoms with Crippen molar-refractivity contribution in [1.82, 2.24) is 0 Å². The standard InChI is InChI=1S/C16H17F2NO4/c1-3-22-14(20)8-16(10-19,9-15(21)23-4-2)12-6-5-11(17)7-13(12)18/h5-7H,3-4,8-9H2,1-2H3. The Morgan fingerprint density at radius 2 is 1.65 bits per heavy atom. The van der Waals surface area contributed by atoms with Crippen LogP contribution in [-0.4, -0.2) is 25.2 Å². The van der Waals surface area contributed by atoms with E-state index >= 15 is 0 Å². The number of ether oxygens (including phenoxy) is 2. The Kier molecular flexibility index (Phi) is 6.64. The van der Waals surface area contributed by atoms with Gasteiger partial charge in [-0.1, -0.05) is 6.07 Å². The summed E-state index contributed by atoms with van der Waals surface area (Å²) in [6, 6.07) is 4.41. The maximum Gasteiger partial charge on any atom is 0.307 e. The lowest BCUT2D eigenvalue weighted by Gasteiger charge is -2.25. The van der Waals surface area contributed by atoms with Gasteiger partial charge in [0.25, 0.3) is 0 Å². The minimum absolute atomic E-state index is 0.0750. The topological polar surface area (TPSA) is 76.4 Å². The minimum atomic E-state index is -1.82. The number of carbonyl (C=O) groups excluding carboxylic acids is 2. The molecule has 0 bridgehead atoms. The SMILES string of the molecule is CCOC(=O)CC(C#N)(CC(=O)OCC)c1ccc(F)cc1F. The molecule has 5 nitrogen and oxygen atoms in total. The number of nitrogens with zero attached hydrogens (tertiary/aromatic N) is 1. The van der Waals surface area contributed by atoms with Crippen molar-refractivity contribution in [3.8, 4) is 6.07 Å². The molecule has 0 aromatic heterocycles. The fourth-order valence-corrected chi connectivity index (χ4v) is 2.19. The van der Waals surface area contributed by atoms with Crippen molar-refractivity contribution in [1.29, 1.82) is 5.26 Å². The molecule has 0 atom stereocenters. The van der Waals surface area contributed by atoms with Gasteiger partial charge in [-0.25, -0.2) is 8.78 Å². The van der Waals surface area contributed by atoms with E-state index in [1.54, 1.807) is 19.9 Å². The minimum Gasteiger partial charge on any atom is -0.466 e. The third kappa shape index (κ3) is 4.74. The van der Waals surface area contributed by atoms with Crippen LogP contribution in [0.3, 0.4) is 0 Å². The molecule has 1 aromatic rings. The smallest absolute Gasteiger partial charge is 0.307 e. The van der Waals surface area contributed by atoms with Crippen LogP contribution in [0.1, 0.15) is 32.3 Å². The van der Waals surface area contributed by atoms with E-state index in [1.165, 1.54) is 0 Å². The van der Waals surface area contributed by atoms with Crippen LogP contribution in [0.5, 0.6) is 0 Å². The monoisotopic (exact) mass is 325 g/mol. The van der Waals surface area contributed by atoms with Gasteiger partial charge in [-0.05, 0) is 19.9 Å². The second kappa shape index (κ2) is 8.22. The number of carbonyl (C=O) groups is 2. The van der Waals surface area contributed by atoms with Crippen molar-refractivity contribution >= 4 is 11.9 Å². The molecule has 0 saturated carbocycles. The first kappa shape index (κ1) is 18.6. The van der Waals surface area contributed by atoms with E-state index in [0.717, 1.165) is 12.1 Å². The summed E-state index contributed by atoms with van der Waals surface area (Å²) in [7, 11) is 0. The molecule has 0 N–H and O–H groups in total. The molecule has 23 heavy (non-hydrogen) atoms. The molecule has 0 aliphatic rings. The summed E-state index contributed by atoms with van der Waals surface area (Å²) in [5, 5.41) is 9.53. The van der Waals surface area contributed by atoms with E-state index in [-0.39, 0.29) is 18.8 Å². The van der Waals surface area contributed by atoms with E-state index < -0.39 is 41.8 Å².